The van der Waals surface area contributed by atoms with E-state index in [0.29, 0.717) is 30.2 Å². The molecule has 1 aliphatic heterocycles. The number of likely N-dealkylation sites (tertiary alicyclic amines) is 1. The fourth-order valence-corrected chi connectivity index (χ4v) is 2.82. The lowest BCUT2D eigenvalue weighted by Crippen LogP contribution is -2.43. The fraction of sp³-hybridized carbons (Fsp3) is 0.421. The molecule has 1 aromatic heterocycles. The Morgan fingerprint density at radius 1 is 1.38 bits per heavy atom. The van der Waals surface area contributed by atoms with Crippen molar-refractivity contribution in [1.82, 2.24) is 10.1 Å². The van der Waals surface area contributed by atoms with Crippen LogP contribution in [-0.4, -0.2) is 35.3 Å². The number of hydrogen-bond donors (Lipinski definition) is 1. The van der Waals surface area contributed by atoms with E-state index in [1.807, 2.05) is 19.9 Å². The second kappa shape index (κ2) is 7.91. The summed E-state index contributed by atoms with van der Waals surface area (Å²) in [5.41, 5.74) is 0.577. The molecule has 0 atom stereocenters. The monoisotopic (exact) mass is 354 g/mol. The zero-order chi connectivity index (χ0) is 18.5. The normalized spacial score (nSPS) is 14.9. The van der Waals surface area contributed by atoms with Gasteiger partial charge in [-0.2, -0.15) is 5.26 Å². The topological polar surface area (TPSA) is 91.4 Å². The van der Waals surface area contributed by atoms with Crippen molar-refractivity contribution in [2.24, 2.45) is 0 Å². The van der Waals surface area contributed by atoms with Crippen molar-refractivity contribution in [3.8, 4) is 11.8 Å². The second-order valence-electron chi connectivity index (χ2n) is 6.64. The maximum absolute atomic E-state index is 12.4. The van der Waals surface area contributed by atoms with Gasteiger partial charge in [-0.3, -0.25) is 5.32 Å². The van der Waals surface area contributed by atoms with E-state index < -0.39 is 0 Å². The molecule has 7 heteroatoms. The summed E-state index contributed by atoms with van der Waals surface area (Å²) < 4.78 is 11.1. The van der Waals surface area contributed by atoms with Crippen molar-refractivity contribution in [3.63, 3.8) is 0 Å². The number of amides is 2. The SMILES string of the molecule is CC(C)c1cc(NC(=O)N2CCC(Oc3cccc(C#N)c3)CC2)no1. The van der Waals surface area contributed by atoms with Gasteiger partial charge in [0.15, 0.2) is 5.82 Å². The number of rotatable bonds is 4. The molecule has 26 heavy (non-hydrogen) atoms. The number of urea groups is 1. The van der Waals surface area contributed by atoms with Crippen LogP contribution < -0.4 is 10.1 Å². The van der Waals surface area contributed by atoms with Crippen LogP contribution in [-0.2, 0) is 0 Å². The van der Waals surface area contributed by atoms with E-state index in [2.05, 4.69) is 16.5 Å². The van der Waals surface area contributed by atoms with Crippen molar-refractivity contribution < 1.29 is 14.1 Å². The van der Waals surface area contributed by atoms with Crippen LogP contribution in [0, 0.1) is 11.3 Å². The summed E-state index contributed by atoms with van der Waals surface area (Å²) in [5.74, 6) is 2.09. The van der Waals surface area contributed by atoms with E-state index in [-0.39, 0.29) is 18.1 Å². The number of piperidine rings is 1. The molecule has 0 saturated carbocycles. The Bertz CT molecular complexity index is 801. The van der Waals surface area contributed by atoms with Crippen molar-refractivity contribution >= 4 is 11.8 Å². The molecular weight excluding hydrogens is 332 g/mol. The maximum Gasteiger partial charge on any atom is 0.323 e. The lowest BCUT2D eigenvalue weighted by atomic mass is 10.1. The highest BCUT2D eigenvalue weighted by Gasteiger charge is 2.24. The van der Waals surface area contributed by atoms with Crippen molar-refractivity contribution in [2.75, 3.05) is 18.4 Å². The van der Waals surface area contributed by atoms with Crippen molar-refractivity contribution in [1.29, 1.82) is 5.26 Å². The van der Waals surface area contributed by atoms with Gasteiger partial charge in [0.1, 0.15) is 17.6 Å². The van der Waals surface area contributed by atoms with Gasteiger partial charge in [-0.25, -0.2) is 4.79 Å². The Morgan fingerprint density at radius 2 is 2.15 bits per heavy atom. The van der Waals surface area contributed by atoms with E-state index >= 15 is 0 Å². The molecule has 1 saturated heterocycles. The number of nitriles is 1. The van der Waals surface area contributed by atoms with Gasteiger partial charge in [-0.1, -0.05) is 25.1 Å². The molecule has 0 unspecified atom stereocenters. The van der Waals surface area contributed by atoms with Gasteiger partial charge >= 0.3 is 6.03 Å². The molecule has 0 bridgehead atoms. The summed E-state index contributed by atoms with van der Waals surface area (Å²) in [6.07, 6.45) is 1.51. The van der Waals surface area contributed by atoms with E-state index in [0.717, 1.165) is 18.6 Å². The minimum absolute atomic E-state index is 0.0348. The molecule has 1 fully saturated rings. The van der Waals surface area contributed by atoms with Gasteiger partial charge in [0.05, 0.1) is 11.6 Å². The number of nitrogens with zero attached hydrogens (tertiary/aromatic N) is 3. The highest BCUT2D eigenvalue weighted by atomic mass is 16.5. The van der Waals surface area contributed by atoms with Gasteiger partial charge in [-0.05, 0) is 18.2 Å². The number of benzene rings is 1. The highest BCUT2D eigenvalue weighted by Crippen LogP contribution is 2.21. The molecular formula is C19H22N4O3. The third-order valence-corrected chi connectivity index (χ3v) is 4.33. The summed E-state index contributed by atoms with van der Waals surface area (Å²) >= 11 is 0. The van der Waals surface area contributed by atoms with E-state index in [1.54, 1.807) is 29.2 Å². The summed E-state index contributed by atoms with van der Waals surface area (Å²) in [5, 5.41) is 15.6. The summed E-state index contributed by atoms with van der Waals surface area (Å²) in [4.78, 5) is 14.1. The number of nitrogens with one attached hydrogen (secondary N) is 1. The summed E-state index contributed by atoms with van der Waals surface area (Å²) in [6, 6.07) is 10.8. The lowest BCUT2D eigenvalue weighted by molar-refractivity contribution is 0.115. The number of hydrogen-bond acceptors (Lipinski definition) is 5. The van der Waals surface area contributed by atoms with E-state index in [9.17, 15) is 4.79 Å². The number of aromatic nitrogens is 1. The second-order valence-corrected chi connectivity index (χ2v) is 6.64. The van der Waals surface area contributed by atoms with Crippen LogP contribution in [0.25, 0.3) is 0 Å². The number of anilines is 1. The maximum atomic E-state index is 12.4. The minimum Gasteiger partial charge on any atom is -0.490 e. The first-order valence-electron chi connectivity index (χ1n) is 8.74. The molecule has 3 rings (SSSR count). The molecule has 1 aliphatic rings. The van der Waals surface area contributed by atoms with E-state index in [4.69, 9.17) is 14.5 Å². The van der Waals surface area contributed by atoms with Gasteiger partial charge < -0.3 is 14.2 Å². The summed E-state index contributed by atoms with van der Waals surface area (Å²) in [7, 11) is 0. The van der Waals surface area contributed by atoms with Gasteiger partial charge in [0, 0.05) is 37.9 Å². The molecule has 7 nitrogen and oxygen atoms in total. The Labute approximate surface area is 152 Å². The Morgan fingerprint density at radius 3 is 2.81 bits per heavy atom. The van der Waals surface area contributed by atoms with Crippen LogP contribution in [0.15, 0.2) is 34.9 Å². The highest BCUT2D eigenvalue weighted by molar-refractivity contribution is 5.88. The average Bonchev–Trinajstić information content (AvgIpc) is 3.11. The molecule has 0 radical (unpaired) electrons. The number of carbonyl (C=O) groups is 1. The Hall–Kier alpha value is -3.01. The molecule has 1 aromatic carbocycles. The zero-order valence-corrected chi connectivity index (χ0v) is 14.9. The van der Waals surface area contributed by atoms with Crippen molar-refractivity contribution in [2.45, 2.75) is 38.7 Å². The van der Waals surface area contributed by atoms with Crippen molar-refractivity contribution in [3.05, 3.63) is 41.7 Å². The first kappa shape index (κ1) is 17.8. The van der Waals surface area contributed by atoms with Crippen LogP contribution in [0.4, 0.5) is 10.6 Å². The first-order chi connectivity index (χ1) is 12.5. The first-order valence-corrected chi connectivity index (χ1v) is 8.74. The Balaban J connectivity index is 1.49. The third kappa shape index (κ3) is 4.33. The van der Waals surface area contributed by atoms with Crippen LogP contribution >= 0.6 is 0 Å². The quantitative estimate of drug-likeness (QED) is 0.903. The smallest absolute Gasteiger partial charge is 0.323 e. The molecule has 0 spiro atoms. The zero-order valence-electron chi connectivity index (χ0n) is 14.9. The lowest BCUT2D eigenvalue weighted by Gasteiger charge is -2.32. The molecule has 2 amide bonds. The molecule has 0 aliphatic carbocycles. The van der Waals surface area contributed by atoms with E-state index in [1.165, 1.54) is 0 Å². The van der Waals surface area contributed by atoms with Gasteiger partial charge in [0.25, 0.3) is 0 Å². The number of carbonyl (C=O) groups excluding carboxylic acids is 1. The summed E-state index contributed by atoms with van der Waals surface area (Å²) in [6.45, 7) is 5.21. The predicted octanol–water partition coefficient (Wildman–Crippen LogP) is 3.74. The molecule has 1 N–H and O–H groups in total. The van der Waals surface area contributed by atoms with Gasteiger partial charge in [0.2, 0.25) is 0 Å². The molecule has 2 aromatic rings. The van der Waals surface area contributed by atoms with Crippen LogP contribution in [0.1, 0.15) is 43.9 Å². The molecule has 136 valence electrons. The minimum atomic E-state index is -0.182. The average molecular weight is 354 g/mol. The number of ether oxygens (including phenoxy) is 1. The Kier molecular flexibility index (Phi) is 5.42. The molecule has 2 heterocycles. The van der Waals surface area contributed by atoms with Crippen LogP contribution in [0.3, 0.4) is 0 Å². The van der Waals surface area contributed by atoms with Gasteiger partial charge in [-0.15, -0.1) is 0 Å². The van der Waals surface area contributed by atoms with Crippen LogP contribution in [0.2, 0.25) is 0 Å². The standard InChI is InChI=1S/C19H22N4O3/c1-13(2)17-11-18(22-26-17)21-19(24)23-8-6-15(7-9-23)25-16-5-3-4-14(10-16)12-20/h3-5,10-11,13,15H,6-9H2,1-2H3,(H,21,22,24). The van der Waals surface area contributed by atoms with Crippen LogP contribution in [0.5, 0.6) is 5.75 Å². The largest absolute Gasteiger partial charge is 0.490 e. The fourth-order valence-electron chi connectivity index (χ4n) is 2.82. The third-order valence-electron chi connectivity index (χ3n) is 4.33. The predicted molar refractivity (Wildman–Crippen MR) is 96.0 cm³/mol.